The quantitative estimate of drug-likeness (QED) is 0.289. The van der Waals surface area contributed by atoms with Crippen molar-refractivity contribution < 1.29 is 42.5 Å². The van der Waals surface area contributed by atoms with Crippen molar-refractivity contribution >= 4 is 0 Å². The Morgan fingerprint density at radius 3 is 0.750 bits per heavy atom. The van der Waals surface area contributed by atoms with E-state index in [4.69, 9.17) is 30.6 Å². The van der Waals surface area contributed by atoms with Crippen LogP contribution in [0.1, 0.15) is 0 Å². The topological polar surface area (TPSA) is 253 Å². The highest BCUT2D eigenvalue weighted by atomic mass is 16.9. The van der Waals surface area contributed by atoms with Gasteiger partial charge in [0, 0.05) is 0 Å². The summed E-state index contributed by atoms with van der Waals surface area (Å²) in [5.74, 6) is 0. The Labute approximate surface area is 64.1 Å². The second-order valence-electron chi connectivity index (χ2n) is 0.476. The normalized spacial score (nSPS) is 4.00. The summed E-state index contributed by atoms with van der Waals surface area (Å²) in [6.45, 7) is 0. The van der Waals surface area contributed by atoms with Gasteiger partial charge in [-0.05, 0) is 0 Å². The fourth-order valence-electron chi connectivity index (χ4n) is 0. The van der Waals surface area contributed by atoms with Gasteiger partial charge >= 0.3 is 0 Å². The van der Waals surface area contributed by atoms with E-state index in [1.165, 1.54) is 0 Å². The molecule has 0 bridgehead atoms. The van der Waals surface area contributed by atoms with Crippen molar-refractivity contribution in [3.63, 3.8) is 0 Å². The first-order valence-electron chi connectivity index (χ1n) is 1.13. The lowest BCUT2D eigenvalue weighted by Gasteiger charge is -1.56. The molecule has 10 N–H and O–H groups in total. The highest BCUT2D eigenvalue weighted by Gasteiger charge is 1.65. The molecule has 0 aliphatic heterocycles. The van der Waals surface area contributed by atoms with E-state index in [2.05, 4.69) is 0 Å². The minimum absolute atomic E-state index is 0. The third-order valence-electron chi connectivity index (χ3n) is 0. The monoisotopic (exact) mass is 198 g/mol. The van der Waals surface area contributed by atoms with Crippen LogP contribution in [-0.4, -0.2) is 42.5 Å². The Kier molecular flexibility index (Phi) is 141. The van der Waals surface area contributed by atoms with Gasteiger partial charge in [-0.15, -0.1) is 20.2 Å². The minimum atomic E-state index is -1.50. The standard InChI is InChI=1S/2HNO3.4H2O/c2*2-1(3)4;;;;/h2*(H,2,3,4);4*1H2. The van der Waals surface area contributed by atoms with Crippen molar-refractivity contribution in [1.29, 1.82) is 0 Å². The number of nitrogens with zero attached hydrogens (tertiary/aromatic N) is 2. The summed E-state index contributed by atoms with van der Waals surface area (Å²) in [6, 6.07) is 0. The van der Waals surface area contributed by atoms with Crippen LogP contribution >= 0.6 is 0 Å². The molecule has 0 radical (unpaired) electrons. The van der Waals surface area contributed by atoms with E-state index in [0.717, 1.165) is 0 Å². The van der Waals surface area contributed by atoms with Gasteiger partial charge in [-0.25, -0.2) is 0 Å². The van der Waals surface area contributed by atoms with Gasteiger partial charge < -0.3 is 32.3 Å². The fourth-order valence-corrected chi connectivity index (χ4v) is 0. The van der Waals surface area contributed by atoms with E-state index in [9.17, 15) is 0 Å². The zero-order valence-corrected chi connectivity index (χ0v) is 5.42. The summed E-state index contributed by atoms with van der Waals surface area (Å²) < 4.78 is 0. The first-order chi connectivity index (χ1) is 3.46. The first-order valence-corrected chi connectivity index (χ1v) is 1.13. The van der Waals surface area contributed by atoms with Gasteiger partial charge in [-0.1, -0.05) is 0 Å². The van der Waals surface area contributed by atoms with Crippen LogP contribution in [0.4, 0.5) is 0 Å². The van der Waals surface area contributed by atoms with Gasteiger partial charge in [0.1, 0.15) is 0 Å². The largest absolute Gasteiger partial charge is 0.412 e. The average Bonchev–Trinajstić information content (AvgIpc) is 1.25. The minimum Gasteiger partial charge on any atom is -0.412 e. The van der Waals surface area contributed by atoms with Crippen LogP contribution in [0.15, 0.2) is 0 Å². The molecule has 0 spiro atoms. The average molecular weight is 198 g/mol. The smallest absolute Gasteiger partial charge is 0.291 e. The Balaban J connectivity index is -0.0000000112. The highest BCUT2D eigenvalue weighted by Crippen LogP contribution is 1.38. The fraction of sp³-hybridized carbons (Fsp3) is 0. The predicted molar refractivity (Wildman–Crippen MR) is 32.0 cm³/mol. The van der Waals surface area contributed by atoms with Gasteiger partial charge in [0.15, 0.2) is 0 Å². The number of hydrogen-bond acceptors (Lipinski definition) is 4. The second kappa shape index (κ2) is 34.9. The van der Waals surface area contributed by atoms with E-state index in [1.807, 2.05) is 0 Å². The van der Waals surface area contributed by atoms with Crippen LogP contribution in [0, 0.1) is 20.2 Å². The van der Waals surface area contributed by atoms with E-state index in [1.54, 1.807) is 0 Å². The van der Waals surface area contributed by atoms with E-state index >= 15 is 0 Å². The molecule has 0 fully saturated rings. The molecule has 12 heavy (non-hydrogen) atoms. The zero-order chi connectivity index (χ0) is 7.15. The molecule has 0 heterocycles. The maximum absolute atomic E-state index is 8.36. The van der Waals surface area contributed by atoms with E-state index < -0.39 is 10.2 Å². The van der Waals surface area contributed by atoms with Crippen molar-refractivity contribution in [2.24, 2.45) is 0 Å². The van der Waals surface area contributed by atoms with Crippen LogP contribution in [0.25, 0.3) is 0 Å². The zero-order valence-electron chi connectivity index (χ0n) is 5.42. The Morgan fingerprint density at radius 2 is 0.750 bits per heavy atom. The SMILES string of the molecule is O.O.O.O.O=[N+]([O-])O.O=[N+]([O-])O. The van der Waals surface area contributed by atoms with E-state index in [-0.39, 0.29) is 21.9 Å². The predicted octanol–water partition coefficient (Wildman–Crippen LogP) is -3.99. The first kappa shape index (κ1) is 48.6. The van der Waals surface area contributed by atoms with Crippen molar-refractivity contribution in [3.8, 4) is 0 Å². The molecule has 0 unspecified atom stereocenters. The molecule has 12 nitrogen and oxygen atoms in total. The molecule has 0 saturated heterocycles. The van der Waals surface area contributed by atoms with E-state index in [0.29, 0.717) is 0 Å². The maximum atomic E-state index is 8.36. The van der Waals surface area contributed by atoms with Crippen LogP contribution in [0.2, 0.25) is 0 Å². The van der Waals surface area contributed by atoms with Gasteiger partial charge in [0.25, 0.3) is 10.2 Å². The lowest BCUT2D eigenvalue weighted by molar-refractivity contribution is -0.742. The summed E-state index contributed by atoms with van der Waals surface area (Å²) in [4.78, 5) is 16.7. The second-order valence-corrected chi connectivity index (χ2v) is 0.476. The molecule has 12 heteroatoms. The van der Waals surface area contributed by atoms with Gasteiger partial charge in [-0.3, -0.25) is 0 Å². The third kappa shape index (κ3) is 139. The summed E-state index contributed by atoms with van der Waals surface area (Å²) in [5.41, 5.74) is 0. The van der Waals surface area contributed by atoms with Crippen molar-refractivity contribution in [3.05, 3.63) is 20.2 Å². The summed E-state index contributed by atoms with van der Waals surface area (Å²) in [5, 5.41) is 27.3. The Bertz CT molecular complexity index is 65.8. The van der Waals surface area contributed by atoms with Crippen molar-refractivity contribution in [2.45, 2.75) is 0 Å². The van der Waals surface area contributed by atoms with Crippen molar-refractivity contribution in [2.75, 3.05) is 0 Å². The highest BCUT2D eigenvalue weighted by molar-refractivity contribution is 3.83. The Hall–Kier alpha value is -1.76. The number of hydrogen-bond donors (Lipinski definition) is 2. The third-order valence-corrected chi connectivity index (χ3v) is 0. The molecule has 0 aromatic heterocycles. The molecule has 80 valence electrons. The molecule has 0 atom stereocenters. The molecule has 0 aliphatic carbocycles. The molecule has 0 saturated carbocycles. The van der Waals surface area contributed by atoms with Crippen LogP contribution < -0.4 is 0 Å². The summed E-state index contributed by atoms with van der Waals surface area (Å²) in [6.07, 6.45) is 0. The molecule has 0 amide bonds. The Morgan fingerprint density at radius 1 is 0.750 bits per heavy atom. The van der Waals surface area contributed by atoms with Gasteiger partial charge in [0.2, 0.25) is 0 Å². The molecule has 0 aromatic rings. The lowest BCUT2D eigenvalue weighted by atomic mass is 13.1. The van der Waals surface area contributed by atoms with Gasteiger partial charge in [-0.2, -0.15) is 0 Å². The molecule has 0 aromatic carbocycles. The summed E-state index contributed by atoms with van der Waals surface area (Å²) >= 11 is 0. The van der Waals surface area contributed by atoms with Crippen LogP contribution in [0.3, 0.4) is 0 Å². The molecule has 0 rings (SSSR count). The molecular weight excluding hydrogens is 188 g/mol. The maximum Gasteiger partial charge on any atom is 0.291 e. The molecule has 0 aliphatic rings. The van der Waals surface area contributed by atoms with Crippen LogP contribution in [-0.2, 0) is 0 Å². The lowest BCUT2D eigenvalue weighted by Crippen LogP contribution is -1.81. The number of rotatable bonds is 0. The summed E-state index contributed by atoms with van der Waals surface area (Å²) in [7, 11) is 0. The van der Waals surface area contributed by atoms with Gasteiger partial charge in [0.05, 0.1) is 0 Å². The molecular formula is H10N2O10. The van der Waals surface area contributed by atoms with Crippen molar-refractivity contribution in [1.82, 2.24) is 0 Å². The van der Waals surface area contributed by atoms with Crippen LogP contribution in [0.5, 0.6) is 0 Å².